The highest BCUT2D eigenvalue weighted by Crippen LogP contribution is 2.24. The third-order valence-electron chi connectivity index (χ3n) is 5.06. The largest absolute Gasteiger partial charge is 0.293 e. The smallest absolute Gasteiger partial charge is 0.266 e. The number of para-hydroxylation sites is 1. The van der Waals surface area contributed by atoms with Crippen molar-refractivity contribution in [2.45, 2.75) is 19.0 Å². The maximum Gasteiger partial charge on any atom is 0.266 e. The summed E-state index contributed by atoms with van der Waals surface area (Å²) < 4.78 is 29.1. The maximum absolute atomic E-state index is 14.5. The molecule has 0 aliphatic rings. The van der Waals surface area contributed by atoms with E-state index in [4.69, 9.17) is 0 Å². The first-order chi connectivity index (χ1) is 14.8. The highest BCUT2D eigenvalue weighted by molar-refractivity contribution is 7.99. The molecule has 0 amide bonds. The first-order valence-electron chi connectivity index (χ1n) is 9.55. The monoisotopic (exact) mass is 436 g/mol. The van der Waals surface area contributed by atoms with E-state index >= 15 is 0 Å². The summed E-state index contributed by atoms with van der Waals surface area (Å²) in [5.41, 5.74) is 2.47. The Morgan fingerprint density at radius 3 is 2.52 bits per heavy atom. The van der Waals surface area contributed by atoms with Gasteiger partial charge in [0.1, 0.15) is 11.6 Å². The summed E-state index contributed by atoms with van der Waals surface area (Å²) in [5, 5.41) is 0.461. The molecule has 0 saturated heterocycles. The number of hydrogen-bond acceptors (Lipinski definition) is 4. The number of thioether (sulfide) groups is 1. The number of benzene rings is 3. The van der Waals surface area contributed by atoms with E-state index in [0.717, 1.165) is 33.5 Å². The summed E-state index contributed by atoms with van der Waals surface area (Å²) in [5.74, 6) is -1.76. The van der Waals surface area contributed by atoms with E-state index in [1.165, 1.54) is 6.07 Å². The average Bonchev–Trinajstić information content (AvgIpc) is 2.75. The van der Waals surface area contributed by atoms with Crippen LogP contribution in [-0.2, 0) is 0 Å². The molecule has 0 radical (unpaired) electrons. The summed E-state index contributed by atoms with van der Waals surface area (Å²) in [6.45, 7) is 3.90. The predicted octanol–water partition coefficient (Wildman–Crippen LogP) is 5.26. The van der Waals surface area contributed by atoms with Crippen molar-refractivity contribution in [2.75, 3.05) is 5.75 Å². The molecule has 0 fully saturated rings. The van der Waals surface area contributed by atoms with Gasteiger partial charge in [0, 0.05) is 11.6 Å². The second-order valence-electron chi connectivity index (χ2n) is 7.16. The molecular weight excluding hydrogens is 418 g/mol. The molecule has 4 nitrogen and oxygen atoms in total. The third-order valence-corrected chi connectivity index (χ3v) is 6.00. The van der Waals surface area contributed by atoms with Gasteiger partial charge in [0.25, 0.3) is 5.56 Å². The number of aromatic nitrogens is 2. The maximum atomic E-state index is 14.5. The van der Waals surface area contributed by atoms with Crippen molar-refractivity contribution in [1.29, 1.82) is 0 Å². The molecule has 7 heteroatoms. The Balaban J connectivity index is 1.78. The number of carbonyl (C=O) groups excluding carboxylic acids is 1. The second kappa shape index (κ2) is 8.43. The fourth-order valence-electron chi connectivity index (χ4n) is 3.21. The van der Waals surface area contributed by atoms with Crippen LogP contribution >= 0.6 is 11.8 Å². The quantitative estimate of drug-likeness (QED) is 0.243. The van der Waals surface area contributed by atoms with E-state index < -0.39 is 17.2 Å². The van der Waals surface area contributed by atoms with Crippen LogP contribution in [-0.4, -0.2) is 21.1 Å². The number of hydrogen-bond donors (Lipinski definition) is 0. The zero-order chi connectivity index (χ0) is 22.1. The van der Waals surface area contributed by atoms with Crippen LogP contribution in [0.4, 0.5) is 8.78 Å². The molecule has 4 rings (SSSR count). The number of nitrogens with zero attached hydrogens (tertiary/aromatic N) is 2. The molecule has 31 heavy (non-hydrogen) atoms. The summed E-state index contributed by atoms with van der Waals surface area (Å²) in [4.78, 5) is 30.4. The Kier molecular flexibility index (Phi) is 5.69. The van der Waals surface area contributed by atoms with Crippen molar-refractivity contribution in [3.8, 4) is 5.69 Å². The molecule has 0 atom stereocenters. The number of Topliss-reactive ketones (excluding diaryl/α,β-unsaturated/α-hetero) is 1. The van der Waals surface area contributed by atoms with Crippen LogP contribution in [0.2, 0.25) is 0 Å². The molecule has 1 heterocycles. The van der Waals surface area contributed by atoms with Crippen molar-refractivity contribution in [1.82, 2.24) is 9.55 Å². The van der Waals surface area contributed by atoms with Gasteiger partial charge in [-0.1, -0.05) is 36.0 Å². The second-order valence-corrected chi connectivity index (χ2v) is 8.10. The Morgan fingerprint density at radius 2 is 1.77 bits per heavy atom. The molecule has 1 aromatic heterocycles. The van der Waals surface area contributed by atoms with Gasteiger partial charge in [-0.25, -0.2) is 13.8 Å². The van der Waals surface area contributed by atoms with Crippen LogP contribution in [0.1, 0.15) is 21.5 Å². The third kappa shape index (κ3) is 4.14. The van der Waals surface area contributed by atoms with E-state index in [9.17, 15) is 18.4 Å². The Bertz CT molecular complexity index is 1380. The van der Waals surface area contributed by atoms with Crippen LogP contribution in [0.5, 0.6) is 0 Å². The van der Waals surface area contributed by atoms with Crippen LogP contribution < -0.4 is 5.56 Å². The highest BCUT2D eigenvalue weighted by atomic mass is 32.2. The average molecular weight is 436 g/mol. The number of carbonyl (C=O) groups is 1. The molecule has 3 aromatic carbocycles. The Labute approximate surface area is 181 Å². The number of rotatable bonds is 5. The Hall–Kier alpha value is -3.32. The van der Waals surface area contributed by atoms with E-state index in [0.29, 0.717) is 22.5 Å². The van der Waals surface area contributed by atoms with Crippen molar-refractivity contribution in [3.63, 3.8) is 0 Å². The van der Waals surface area contributed by atoms with Gasteiger partial charge in [0.2, 0.25) is 0 Å². The lowest BCUT2D eigenvalue weighted by atomic mass is 10.0. The topological polar surface area (TPSA) is 52.0 Å². The first-order valence-corrected chi connectivity index (χ1v) is 10.5. The lowest BCUT2D eigenvalue weighted by Crippen LogP contribution is -2.23. The molecule has 0 saturated carbocycles. The van der Waals surface area contributed by atoms with Crippen molar-refractivity contribution >= 4 is 28.4 Å². The van der Waals surface area contributed by atoms with Gasteiger partial charge in [0.05, 0.1) is 22.3 Å². The standard InChI is InChI=1S/C24H18F2N2O2S/c1-14-7-8-16(11-15(14)2)22(29)13-31-24-27-20-6-4-3-5-18(20)23(30)28(24)21-10-9-17(25)12-19(21)26/h3-12H,13H2,1-2H3. The summed E-state index contributed by atoms with van der Waals surface area (Å²) in [6.07, 6.45) is 0. The van der Waals surface area contributed by atoms with E-state index in [1.807, 2.05) is 26.0 Å². The predicted molar refractivity (Wildman–Crippen MR) is 118 cm³/mol. The number of aryl methyl sites for hydroxylation is 2. The fourth-order valence-corrected chi connectivity index (χ4v) is 4.11. The number of ketones is 1. The first kappa shape index (κ1) is 20.9. The van der Waals surface area contributed by atoms with Gasteiger partial charge in [-0.05, 0) is 55.3 Å². The Morgan fingerprint density at radius 1 is 1.00 bits per heavy atom. The number of fused-ring (bicyclic) bond motifs is 1. The zero-order valence-corrected chi connectivity index (χ0v) is 17.7. The minimum absolute atomic E-state index is 0.0100. The molecule has 0 N–H and O–H groups in total. The lowest BCUT2D eigenvalue weighted by Gasteiger charge is -2.14. The SMILES string of the molecule is Cc1ccc(C(=O)CSc2nc3ccccc3c(=O)n2-c2ccc(F)cc2F)cc1C. The fraction of sp³-hybridized carbons (Fsp3) is 0.125. The van der Waals surface area contributed by atoms with Crippen molar-refractivity contribution in [2.24, 2.45) is 0 Å². The molecule has 0 aliphatic heterocycles. The number of halogens is 2. The molecule has 0 aliphatic carbocycles. The molecule has 0 bridgehead atoms. The summed E-state index contributed by atoms with van der Waals surface area (Å²) in [7, 11) is 0. The van der Waals surface area contributed by atoms with Gasteiger partial charge in [-0.2, -0.15) is 0 Å². The van der Waals surface area contributed by atoms with Gasteiger partial charge in [-0.3, -0.25) is 14.2 Å². The van der Waals surface area contributed by atoms with E-state index in [-0.39, 0.29) is 22.4 Å². The molecule has 0 spiro atoms. The molecule has 4 aromatic rings. The zero-order valence-electron chi connectivity index (χ0n) is 16.9. The highest BCUT2D eigenvalue weighted by Gasteiger charge is 2.18. The van der Waals surface area contributed by atoms with E-state index in [1.54, 1.807) is 30.3 Å². The van der Waals surface area contributed by atoms with Crippen molar-refractivity contribution < 1.29 is 13.6 Å². The van der Waals surface area contributed by atoms with Crippen molar-refractivity contribution in [3.05, 3.63) is 99.3 Å². The van der Waals surface area contributed by atoms with E-state index in [2.05, 4.69) is 4.98 Å². The van der Waals surface area contributed by atoms with Crippen LogP contribution in [0.3, 0.4) is 0 Å². The van der Waals surface area contributed by atoms with Crippen LogP contribution in [0, 0.1) is 25.5 Å². The summed E-state index contributed by atoms with van der Waals surface area (Å²) >= 11 is 1.04. The lowest BCUT2D eigenvalue weighted by molar-refractivity contribution is 0.102. The minimum Gasteiger partial charge on any atom is -0.293 e. The van der Waals surface area contributed by atoms with Crippen LogP contribution in [0.25, 0.3) is 16.6 Å². The molecule has 0 unspecified atom stereocenters. The van der Waals surface area contributed by atoms with Crippen LogP contribution in [0.15, 0.2) is 70.6 Å². The normalized spacial score (nSPS) is 11.1. The molecule has 156 valence electrons. The van der Waals surface area contributed by atoms with Gasteiger partial charge >= 0.3 is 0 Å². The van der Waals surface area contributed by atoms with Gasteiger partial charge in [-0.15, -0.1) is 0 Å². The molecular formula is C24H18F2N2O2S. The minimum atomic E-state index is -0.887. The van der Waals surface area contributed by atoms with Gasteiger partial charge < -0.3 is 0 Å². The van der Waals surface area contributed by atoms with Gasteiger partial charge in [0.15, 0.2) is 10.9 Å². The summed E-state index contributed by atoms with van der Waals surface area (Å²) in [6, 6.07) is 15.1.